The molecule has 2 rings (SSSR count). The second-order valence-corrected chi connectivity index (χ2v) is 5.39. The fraction of sp³-hybridized carbons (Fsp3) is 0.533. The number of carbonyl (C=O) groups excluding carboxylic acids is 1. The van der Waals surface area contributed by atoms with Gasteiger partial charge in [-0.15, -0.1) is 0 Å². The second-order valence-electron chi connectivity index (χ2n) is 5.39. The summed E-state index contributed by atoms with van der Waals surface area (Å²) in [5, 5.41) is 2.66. The number of anilines is 1. The van der Waals surface area contributed by atoms with Gasteiger partial charge in [0.1, 0.15) is 5.75 Å². The maximum absolute atomic E-state index is 12.1. The van der Waals surface area contributed by atoms with Gasteiger partial charge in [0.05, 0.1) is 6.04 Å². The van der Waals surface area contributed by atoms with Crippen LogP contribution in [0.4, 0.5) is 18.9 Å². The van der Waals surface area contributed by atoms with Crippen molar-refractivity contribution in [2.45, 2.75) is 25.1 Å². The molecule has 1 aromatic carbocycles. The van der Waals surface area contributed by atoms with Crippen LogP contribution in [0.5, 0.6) is 5.75 Å². The van der Waals surface area contributed by atoms with Crippen LogP contribution >= 0.6 is 0 Å². The minimum absolute atomic E-state index is 0.0677. The molecule has 0 bridgehead atoms. The van der Waals surface area contributed by atoms with Crippen LogP contribution in [0, 0.1) is 5.92 Å². The Morgan fingerprint density at radius 2 is 1.91 bits per heavy atom. The fourth-order valence-electron chi connectivity index (χ4n) is 2.31. The SMILES string of the molecule is NC(C(=O)Nc1ccc(OCC(F)(F)F)cc1)C1CCOCC1. The quantitative estimate of drug-likeness (QED) is 0.868. The molecule has 128 valence electrons. The van der Waals surface area contributed by atoms with Crippen molar-refractivity contribution < 1.29 is 27.4 Å². The Kier molecular flexibility index (Phi) is 5.84. The van der Waals surface area contributed by atoms with Crippen LogP contribution in [0.1, 0.15) is 12.8 Å². The molecule has 1 aliphatic heterocycles. The van der Waals surface area contributed by atoms with Gasteiger partial charge in [0, 0.05) is 18.9 Å². The first-order chi connectivity index (χ1) is 10.8. The van der Waals surface area contributed by atoms with E-state index in [0.29, 0.717) is 18.9 Å². The number of hydrogen-bond acceptors (Lipinski definition) is 4. The van der Waals surface area contributed by atoms with Crippen molar-refractivity contribution in [1.29, 1.82) is 0 Å². The molecule has 0 aliphatic carbocycles. The van der Waals surface area contributed by atoms with E-state index in [0.717, 1.165) is 12.8 Å². The van der Waals surface area contributed by atoms with E-state index >= 15 is 0 Å². The summed E-state index contributed by atoms with van der Waals surface area (Å²) in [6, 6.07) is 5.03. The molecule has 3 N–H and O–H groups in total. The summed E-state index contributed by atoms with van der Waals surface area (Å²) < 4.78 is 46.0. The van der Waals surface area contributed by atoms with Crippen LogP contribution in [0.15, 0.2) is 24.3 Å². The van der Waals surface area contributed by atoms with Crippen LogP contribution in [0.3, 0.4) is 0 Å². The molecule has 1 unspecified atom stereocenters. The van der Waals surface area contributed by atoms with Crippen molar-refractivity contribution in [3.8, 4) is 5.75 Å². The third kappa shape index (κ3) is 5.72. The zero-order chi connectivity index (χ0) is 16.9. The number of benzene rings is 1. The van der Waals surface area contributed by atoms with Crippen molar-refractivity contribution >= 4 is 11.6 Å². The van der Waals surface area contributed by atoms with E-state index in [2.05, 4.69) is 10.1 Å². The molecule has 0 spiro atoms. The Labute approximate surface area is 131 Å². The van der Waals surface area contributed by atoms with Crippen molar-refractivity contribution in [3.05, 3.63) is 24.3 Å². The number of rotatable bonds is 5. The Balaban J connectivity index is 1.86. The molecule has 8 heteroatoms. The van der Waals surface area contributed by atoms with Crippen LogP contribution in [0.2, 0.25) is 0 Å². The van der Waals surface area contributed by atoms with E-state index in [1.807, 2.05) is 0 Å². The number of alkyl halides is 3. The molecule has 23 heavy (non-hydrogen) atoms. The Hall–Kier alpha value is -1.80. The summed E-state index contributed by atoms with van der Waals surface area (Å²) in [7, 11) is 0. The zero-order valence-electron chi connectivity index (χ0n) is 12.4. The lowest BCUT2D eigenvalue weighted by atomic mass is 9.92. The van der Waals surface area contributed by atoms with Crippen LogP contribution < -0.4 is 15.8 Å². The highest BCUT2D eigenvalue weighted by molar-refractivity contribution is 5.94. The van der Waals surface area contributed by atoms with Gasteiger partial charge in [-0.3, -0.25) is 4.79 Å². The van der Waals surface area contributed by atoms with Crippen LogP contribution in [-0.2, 0) is 9.53 Å². The topological polar surface area (TPSA) is 73.6 Å². The molecular weight excluding hydrogens is 313 g/mol. The first-order valence-electron chi connectivity index (χ1n) is 7.29. The molecule has 1 aromatic rings. The van der Waals surface area contributed by atoms with Crippen molar-refractivity contribution in [3.63, 3.8) is 0 Å². The first-order valence-corrected chi connectivity index (χ1v) is 7.29. The molecule has 1 fully saturated rings. The molecule has 5 nitrogen and oxygen atoms in total. The van der Waals surface area contributed by atoms with Crippen molar-refractivity contribution in [1.82, 2.24) is 0 Å². The van der Waals surface area contributed by atoms with E-state index < -0.39 is 18.8 Å². The molecule has 0 aromatic heterocycles. The number of amides is 1. The molecule has 0 radical (unpaired) electrons. The molecule has 1 atom stereocenters. The number of nitrogens with one attached hydrogen (secondary N) is 1. The van der Waals surface area contributed by atoms with Gasteiger partial charge in [0.25, 0.3) is 0 Å². The maximum Gasteiger partial charge on any atom is 0.422 e. The van der Waals surface area contributed by atoms with Crippen molar-refractivity contribution in [2.24, 2.45) is 11.7 Å². The molecule has 1 aliphatic rings. The third-order valence-corrected chi connectivity index (χ3v) is 3.60. The monoisotopic (exact) mass is 332 g/mol. The first kappa shape index (κ1) is 17.6. The molecular formula is C15H19F3N2O3. The lowest BCUT2D eigenvalue weighted by Gasteiger charge is -2.26. The normalized spacial score (nSPS) is 17.6. The van der Waals surface area contributed by atoms with Gasteiger partial charge in [-0.2, -0.15) is 13.2 Å². The Morgan fingerprint density at radius 3 is 2.48 bits per heavy atom. The van der Waals surface area contributed by atoms with Crippen molar-refractivity contribution in [2.75, 3.05) is 25.1 Å². The van der Waals surface area contributed by atoms with E-state index in [-0.39, 0.29) is 17.6 Å². The van der Waals surface area contributed by atoms with Gasteiger partial charge in [0.15, 0.2) is 6.61 Å². The highest BCUT2D eigenvalue weighted by Crippen LogP contribution is 2.22. The standard InChI is InChI=1S/C15H19F3N2O3/c16-15(17,18)9-23-12-3-1-11(2-4-12)20-14(21)13(19)10-5-7-22-8-6-10/h1-4,10,13H,5-9,19H2,(H,20,21). The molecule has 1 heterocycles. The van der Waals surface area contributed by atoms with Gasteiger partial charge in [-0.05, 0) is 43.0 Å². The second kappa shape index (κ2) is 7.65. The minimum Gasteiger partial charge on any atom is -0.484 e. The van der Waals surface area contributed by atoms with E-state index in [4.69, 9.17) is 10.5 Å². The lowest BCUT2D eigenvalue weighted by molar-refractivity contribution is -0.153. The van der Waals surface area contributed by atoms with E-state index in [1.165, 1.54) is 24.3 Å². The highest BCUT2D eigenvalue weighted by atomic mass is 19.4. The van der Waals surface area contributed by atoms with Gasteiger partial charge in [0.2, 0.25) is 5.91 Å². The number of ether oxygens (including phenoxy) is 2. The summed E-state index contributed by atoms with van der Waals surface area (Å²) in [5.74, 6) is -0.173. The van der Waals surface area contributed by atoms with E-state index in [9.17, 15) is 18.0 Å². The average molecular weight is 332 g/mol. The average Bonchev–Trinajstić information content (AvgIpc) is 2.53. The number of halogens is 3. The van der Waals surface area contributed by atoms with Gasteiger partial charge >= 0.3 is 6.18 Å². The smallest absolute Gasteiger partial charge is 0.422 e. The molecule has 0 saturated carbocycles. The third-order valence-electron chi connectivity index (χ3n) is 3.60. The minimum atomic E-state index is -4.39. The summed E-state index contributed by atoms with van der Waals surface area (Å²) in [5.41, 5.74) is 6.40. The van der Waals surface area contributed by atoms with Gasteiger partial charge in [-0.25, -0.2) is 0 Å². The number of nitrogens with two attached hydrogens (primary N) is 1. The largest absolute Gasteiger partial charge is 0.484 e. The zero-order valence-corrected chi connectivity index (χ0v) is 12.4. The molecule has 1 amide bonds. The lowest BCUT2D eigenvalue weighted by Crippen LogP contribution is -2.43. The Morgan fingerprint density at radius 1 is 1.30 bits per heavy atom. The maximum atomic E-state index is 12.1. The summed E-state index contributed by atoms with van der Waals surface area (Å²) in [6.07, 6.45) is -2.92. The van der Waals surface area contributed by atoms with Crippen LogP contribution in [0.25, 0.3) is 0 Å². The predicted octanol–water partition coefficient (Wildman–Crippen LogP) is 2.32. The number of carbonyl (C=O) groups is 1. The van der Waals surface area contributed by atoms with Gasteiger partial charge in [-0.1, -0.05) is 0 Å². The van der Waals surface area contributed by atoms with Crippen LogP contribution in [-0.4, -0.2) is 37.9 Å². The fourth-order valence-corrected chi connectivity index (χ4v) is 2.31. The summed E-state index contributed by atoms with van der Waals surface area (Å²) in [4.78, 5) is 12.1. The summed E-state index contributed by atoms with van der Waals surface area (Å²) >= 11 is 0. The predicted molar refractivity (Wildman–Crippen MR) is 78.1 cm³/mol. The molecule has 1 saturated heterocycles. The highest BCUT2D eigenvalue weighted by Gasteiger charge is 2.28. The van der Waals surface area contributed by atoms with E-state index in [1.54, 1.807) is 0 Å². The summed E-state index contributed by atoms with van der Waals surface area (Å²) in [6.45, 7) is -0.166. The number of hydrogen-bond donors (Lipinski definition) is 2. The Bertz CT molecular complexity index is 514. The van der Waals surface area contributed by atoms with Gasteiger partial charge < -0.3 is 20.5 Å².